The predicted molar refractivity (Wildman–Crippen MR) is 106 cm³/mol. The van der Waals surface area contributed by atoms with E-state index in [2.05, 4.69) is 30.4 Å². The van der Waals surface area contributed by atoms with E-state index in [-0.39, 0.29) is 18.9 Å². The number of hydrogen-bond donors (Lipinski definition) is 1. The second-order valence-electron chi connectivity index (χ2n) is 7.13. The highest BCUT2D eigenvalue weighted by molar-refractivity contribution is 6.01. The SMILES string of the molecule is Cc1cccc([C@H]2Nc3ccccc3C(=O)N2Cc2ccc3c(c2)OCO3)c1. The van der Waals surface area contributed by atoms with Crippen LogP contribution in [0.25, 0.3) is 0 Å². The number of benzene rings is 3. The molecule has 3 aromatic carbocycles. The third kappa shape index (κ3) is 2.85. The topological polar surface area (TPSA) is 50.8 Å². The molecule has 5 nitrogen and oxygen atoms in total. The van der Waals surface area contributed by atoms with Crippen molar-refractivity contribution in [3.05, 3.63) is 89.0 Å². The molecule has 28 heavy (non-hydrogen) atoms. The third-order valence-corrected chi connectivity index (χ3v) is 5.17. The van der Waals surface area contributed by atoms with Crippen molar-refractivity contribution in [1.82, 2.24) is 4.90 Å². The number of para-hydroxylation sites is 1. The maximum absolute atomic E-state index is 13.4. The standard InChI is InChI=1S/C23H20N2O3/c1-15-5-4-6-17(11-15)22-24-19-8-3-2-7-18(19)23(26)25(22)13-16-9-10-20-21(12-16)28-14-27-20/h2-12,22,24H,13-14H2,1H3/t22-/m0/s1. The van der Waals surface area contributed by atoms with Gasteiger partial charge in [-0.25, -0.2) is 0 Å². The molecule has 0 aliphatic carbocycles. The number of hydrogen-bond acceptors (Lipinski definition) is 4. The molecular formula is C23H20N2O3. The summed E-state index contributed by atoms with van der Waals surface area (Å²) < 4.78 is 10.9. The third-order valence-electron chi connectivity index (χ3n) is 5.17. The van der Waals surface area contributed by atoms with Crippen LogP contribution in [0.2, 0.25) is 0 Å². The first-order valence-electron chi connectivity index (χ1n) is 9.31. The molecule has 5 rings (SSSR count). The summed E-state index contributed by atoms with van der Waals surface area (Å²) in [6.45, 7) is 2.77. The molecule has 0 saturated heterocycles. The quantitative estimate of drug-likeness (QED) is 0.736. The molecular weight excluding hydrogens is 352 g/mol. The Kier molecular flexibility index (Phi) is 3.93. The van der Waals surface area contributed by atoms with E-state index < -0.39 is 0 Å². The van der Waals surface area contributed by atoms with E-state index in [0.29, 0.717) is 12.1 Å². The lowest BCUT2D eigenvalue weighted by atomic mass is 10.0. The van der Waals surface area contributed by atoms with Crippen LogP contribution in [-0.4, -0.2) is 17.6 Å². The monoisotopic (exact) mass is 372 g/mol. The van der Waals surface area contributed by atoms with Crippen LogP contribution in [0.4, 0.5) is 5.69 Å². The first kappa shape index (κ1) is 16.7. The molecule has 0 saturated carbocycles. The minimum atomic E-state index is -0.243. The predicted octanol–water partition coefficient (Wildman–Crippen LogP) is 4.49. The van der Waals surface area contributed by atoms with Gasteiger partial charge >= 0.3 is 0 Å². The van der Waals surface area contributed by atoms with Gasteiger partial charge in [0.25, 0.3) is 5.91 Å². The van der Waals surface area contributed by atoms with E-state index in [9.17, 15) is 4.79 Å². The zero-order chi connectivity index (χ0) is 19.1. The number of aryl methyl sites for hydroxylation is 1. The normalized spacial score (nSPS) is 17.2. The van der Waals surface area contributed by atoms with Gasteiger partial charge < -0.3 is 19.7 Å². The molecule has 0 fully saturated rings. The number of carbonyl (C=O) groups is 1. The highest BCUT2D eigenvalue weighted by atomic mass is 16.7. The van der Waals surface area contributed by atoms with Crippen molar-refractivity contribution < 1.29 is 14.3 Å². The van der Waals surface area contributed by atoms with Gasteiger partial charge in [0.05, 0.1) is 5.56 Å². The summed E-state index contributed by atoms with van der Waals surface area (Å²) >= 11 is 0. The molecule has 2 aliphatic rings. The maximum Gasteiger partial charge on any atom is 0.258 e. The van der Waals surface area contributed by atoms with E-state index in [0.717, 1.165) is 33.9 Å². The van der Waals surface area contributed by atoms with Crippen molar-refractivity contribution >= 4 is 11.6 Å². The molecule has 1 N–H and O–H groups in total. The van der Waals surface area contributed by atoms with Gasteiger partial charge in [0.2, 0.25) is 6.79 Å². The molecule has 3 aromatic rings. The van der Waals surface area contributed by atoms with Crippen LogP contribution in [0, 0.1) is 6.92 Å². The first-order valence-corrected chi connectivity index (χ1v) is 9.31. The second-order valence-corrected chi connectivity index (χ2v) is 7.13. The fourth-order valence-corrected chi connectivity index (χ4v) is 3.80. The maximum atomic E-state index is 13.4. The fourth-order valence-electron chi connectivity index (χ4n) is 3.80. The van der Waals surface area contributed by atoms with Gasteiger partial charge in [-0.15, -0.1) is 0 Å². The lowest BCUT2D eigenvalue weighted by molar-refractivity contribution is 0.0666. The van der Waals surface area contributed by atoms with Crippen LogP contribution in [0.1, 0.15) is 33.2 Å². The molecule has 5 heteroatoms. The zero-order valence-electron chi connectivity index (χ0n) is 15.5. The summed E-state index contributed by atoms with van der Waals surface area (Å²) in [7, 11) is 0. The minimum Gasteiger partial charge on any atom is -0.454 e. The van der Waals surface area contributed by atoms with Gasteiger partial charge in [-0.1, -0.05) is 48.0 Å². The lowest BCUT2D eigenvalue weighted by Gasteiger charge is -2.38. The first-order chi connectivity index (χ1) is 13.7. The number of carbonyl (C=O) groups excluding carboxylic acids is 1. The number of rotatable bonds is 3. The van der Waals surface area contributed by atoms with Crippen molar-refractivity contribution in [1.29, 1.82) is 0 Å². The Bertz CT molecular complexity index is 1060. The fraction of sp³-hybridized carbons (Fsp3) is 0.174. The molecule has 1 amide bonds. The van der Waals surface area contributed by atoms with Crippen LogP contribution < -0.4 is 14.8 Å². The number of ether oxygens (including phenoxy) is 2. The van der Waals surface area contributed by atoms with Gasteiger partial charge in [-0.2, -0.15) is 0 Å². The van der Waals surface area contributed by atoms with Crippen LogP contribution in [0.15, 0.2) is 66.7 Å². The highest BCUT2D eigenvalue weighted by Gasteiger charge is 2.33. The highest BCUT2D eigenvalue weighted by Crippen LogP contribution is 2.37. The van der Waals surface area contributed by atoms with Gasteiger partial charge in [0.1, 0.15) is 6.17 Å². The number of nitrogens with zero attached hydrogens (tertiary/aromatic N) is 1. The van der Waals surface area contributed by atoms with Crippen molar-refractivity contribution in [3.63, 3.8) is 0 Å². The molecule has 1 atom stereocenters. The van der Waals surface area contributed by atoms with Crippen molar-refractivity contribution in [2.24, 2.45) is 0 Å². The summed E-state index contributed by atoms with van der Waals surface area (Å²) in [5.74, 6) is 1.48. The Balaban J connectivity index is 1.54. The van der Waals surface area contributed by atoms with Gasteiger partial charge in [-0.3, -0.25) is 4.79 Å². The summed E-state index contributed by atoms with van der Waals surface area (Å²) in [6, 6.07) is 21.7. The Morgan fingerprint density at radius 1 is 1.00 bits per heavy atom. The van der Waals surface area contributed by atoms with Crippen molar-refractivity contribution in [2.75, 3.05) is 12.1 Å². The van der Waals surface area contributed by atoms with Crippen LogP contribution in [0.3, 0.4) is 0 Å². The minimum absolute atomic E-state index is 0.0125. The molecule has 140 valence electrons. The second kappa shape index (κ2) is 6.60. The number of amides is 1. The number of nitrogens with one attached hydrogen (secondary N) is 1. The largest absolute Gasteiger partial charge is 0.454 e. The molecule has 2 aliphatic heterocycles. The summed E-state index contributed by atoms with van der Waals surface area (Å²) in [5, 5.41) is 3.54. The number of fused-ring (bicyclic) bond motifs is 2. The van der Waals surface area contributed by atoms with E-state index in [1.54, 1.807) is 0 Å². The smallest absolute Gasteiger partial charge is 0.258 e. The molecule has 0 radical (unpaired) electrons. The molecule has 2 heterocycles. The molecule has 0 bridgehead atoms. The van der Waals surface area contributed by atoms with Crippen LogP contribution in [0.5, 0.6) is 11.5 Å². The van der Waals surface area contributed by atoms with E-state index >= 15 is 0 Å². The van der Waals surface area contributed by atoms with Gasteiger partial charge in [0, 0.05) is 12.2 Å². The molecule has 0 spiro atoms. The van der Waals surface area contributed by atoms with Gasteiger partial charge in [-0.05, 0) is 42.3 Å². The molecule has 0 aromatic heterocycles. The summed E-state index contributed by atoms with van der Waals surface area (Å²) in [4.78, 5) is 15.2. The van der Waals surface area contributed by atoms with Crippen LogP contribution in [-0.2, 0) is 6.54 Å². The van der Waals surface area contributed by atoms with Crippen LogP contribution >= 0.6 is 0 Å². The average molecular weight is 372 g/mol. The van der Waals surface area contributed by atoms with Gasteiger partial charge in [0.15, 0.2) is 11.5 Å². The Morgan fingerprint density at radius 2 is 1.86 bits per heavy atom. The van der Waals surface area contributed by atoms with Crippen molar-refractivity contribution in [2.45, 2.75) is 19.6 Å². The Hall–Kier alpha value is -3.47. The molecule has 0 unspecified atom stereocenters. The van der Waals surface area contributed by atoms with Crippen molar-refractivity contribution in [3.8, 4) is 11.5 Å². The average Bonchev–Trinajstić information content (AvgIpc) is 3.18. The van der Waals surface area contributed by atoms with E-state index in [4.69, 9.17) is 9.47 Å². The van der Waals surface area contributed by atoms with E-state index in [1.165, 1.54) is 0 Å². The Morgan fingerprint density at radius 3 is 2.75 bits per heavy atom. The Labute approximate surface area is 163 Å². The summed E-state index contributed by atoms with van der Waals surface area (Å²) in [5.41, 5.74) is 4.77. The number of anilines is 1. The zero-order valence-corrected chi connectivity index (χ0v) is 15.5. The van der Waals surface area contributed by atoms with E-state index in [1.807, 2.05) is 53.4 Å². The summed E-state index contributed by atoms with van der Waals surface area (Å²) in [6.07, 6.45) is -0.243. The lowest BCUT2D eigenvalue weighted by Crippen LogP contribution is -2.42.